The molecule has 0 spiro atoms. The molecular formula is C24H24FNO5S. The summed E-state index contributed by atoms with van der Waals surface area (Å²) in [7, 11) is -2.37. The Morgan fingerprint density at radius 1 is 0.875 bits per heavy atom. The van der Waals surface area contributed by atoms with Gasteiger partial charge in [-0.3, -0.25) is 0 Å². The van der Waals surface area contributed by atoms with Gasteiger partial charge in [0, 0.05) is 13.1 Å². The minimum Gasteiger partial charge on any atom is -0.497 e. The second kappa shape index (κ2) is 10.4. The van der Waals surface area contributed by atoms with Crippen molar-refractivity contribution in [2.45, 2.75) is 24.9 Å². The number of esters is 1. The van der Waals surface area contributed by atoms with Crippen LogP contribution in [0.25, 0.3) is 0 Å². The first kappa shape index (κ1) is 23.4. The lowest BCUT2D eigenvalue weighted by Crippen LogP contribution is -2.30. The van der Waals surface area contributed by atoms with Crippen molar-refractivity contribution in [1.82, 2.24) is 4.31 Å². The van der Waals surface area contributed by atoms with E-state index in [1.54, 1.807) is 62.6 Å². The van der Waals surface area contributed by atoms with E-state index in [0.29, 0.717) is 16.9 Å². The van der Waals surface area contributed by atoms with Crippen molar-refractivity contribution in [1.29, 1.82) is 0 Å². The van der Waals surface area contributed by atoms with Gasteiger partial charge in [-0.25, -0.2) is 17.6 Å². The van der Waals surface area contributed by atoms with Gasteiger partial charge in [0.05, 0.1) is 24.2 Å². The number of hydrogen-bond acceptors (Lipinski definition) is 5. The normalized spacial score (nSPS) is 11.4. The van der Waals surface area contributed by atoms with Gasteiger partial charge in [-0.15, -0.1) is 0 Å². The zero-order valence-corrected chi connectivity index (χ0v) is 18.6. The molecule has 32 heavy (non-hydrogen) atoms. The molecule has 6 nitrogen and oxygen atoms in total. The molecule has 0 aliphatic rings. The molecule has 8 heteroatoms. The van der Waals surface area contributed by atoms with Gasteiger partial charge in [0.25, 0.3) is 0 Å². The van der Waals surface area contributed by atoms with Gasteiger partial charge in [0.15, 0.2) is 0 Å². The van der Waals surface area contributed by atoms with Gasteiger partial charge in [0.2, 0.25) is 10.0 Å². The maximum absolute atomic E-state index is 13.3. The Hall–Kier alpha value is -3.23. The molecular weight excluding hydrogens is 433 g/mol. The molecule has 0 amide bonds. The van der Waals surface area contributed by atoms with Crippen LogP contribution >= 0.6 is 0 Å². The predicted octanol–water partition coefficient (Wildman–Crippen LogP) is 4.40. The molecule has 0 N–H and O–H groups in total. The fraction of sp³-hybridized carbons (Fsp3) is 0.208. The Balaban J connectivity index is 1.90. The molecule has 0 unspecified atom stereocenters. The summed E-state index contributed by atoms with van der Waals surface area (Å²) in [6.07, 6.45) is 0. The largest absolute Gasteiger partial charge is 0.497 e. The molecule has 3 rings (SSSR count). The molecule has 0 aliphatic heterocycles. The highest BCUT2D eigenvalue weighted by molar-refractivity contribution is 7.89. The molecule has 0 heterocycles. The number of benzene rings is 3. The van der Waals surface area contributed by atoms with Gasteiger partial charge in [-0.05, 0) is 66.6 Å². The minimum atomic E-state index is -3.92. The summed E-state index contributed by atoms with van der Waals surface area (Å²) >= 11 is 0. The highest BCUT2D eigenvalue weighted by Gasteiger charge is 2.25. The topological polar surface area (TPSA) is 72.9 Å². The van der Waals surface area contributed by atoms with Crippen LogP contribution in [0.5, 0.6) is 5.75 Å². The molecule has 0 aliphatic carbocycles. The summed E-state index contributed by atoms with van der Waals surface area (Å²) in [6, 6.07) is 18.4. The van der Waals surface area contributed by atoms with Crippen molar-refractivity contribution >= 4 is 16.0 Å². The lowest BCUT2D eigenvalue weighted by molar-refractivity contribution is 0.0526. The first-order valence-corrected chi connectivity index (χ1v) is 11.4. The Labute approximate surface area is 187 Å². The van der Waals surface area contributed by atoms with Crippen molar-refractivity contribution in [3.05, 3.63) is 95.3 Å². The number of nitrogens with zero attached hydrogens (tertiary/aromatic N) is 1. The van der Waals surface area contributed by atoms with Gasteiger partial charge in [0.1, 0.15) is 11.6 Å². The third-order valence-electron chi connectivity index (χ3n) is 4.79. The van der Waals surface area contributed by atoms with Gasteiger partial charge < -0.3 is 9.47 Å². The number of rotatable bonds is 9. The number of carbonyl (C=O) groups is 1. The second-order valence-electron chi connectivity index (χ2n) is 6.99. The highest BCUT2D eigenvalue weighted by atomic mass is 32.2. The van der Waals surface area contributed by atoms with Crippen LogP contribution in [0.3, 0.4) is 0 Å². The van der Waals surface area contributed by atoms with Crippen LogP contribution in [0.1, 0.15) is 28.4 Å². The van der Waals surface area contributed by atoms with Crippen molar-refractivity contribution in [2.24, 2.45) is 0 Å². The fourth-order valence-corrected chi connectivity index (χ4v) is 4.50. The Kier molecular flexibility index (Phi) is 7.61. The van der Waals surface area contributed by atoms with E-state index >= 15 is 0 Å². The number of methoxy groups -OCH3 is 1. The summed E-state index contributed by atoms with van der Waals surface area (Å²) in [5.74, 6) is -0.287. The van der Waals surface area contributed by atoms with Crippen LogP contribution in [-0.2, 0) is 27.8 Å². The summed E-state index contributed by atoms with van der Waals surface area (Å²) in [5, 5.41) is 0. The Bertz CT molecular complexity index is 1140. The standard InChI is InChI=1S/C24H24FNO5S/c1-3-31-24(27)20-8-4-18(5-9-20)16-26(17-19-6-12-22(30-2)13-7-19)32(28,29)23-14-10-21(25)11-15-23/h4-15H,3,16-17H2,1-2H3. The Morgan fingerprint density at radius 3 is 1.91 bits per heavy atom. The molecule has 168 valence electrons. The summed E-state index contributed by atoms with van der Waals surface area (Å²) < 4.78 is 51.5. The third-order valence-corrected chi connectivity index (χ3v) is 6.60. The van der Waals surface area contributed by atoms with Gasteiger partial charge in [-0.1, -0.05) is 24.3 Å². The monoisotopic (exact) mass is 457 g/mol. The Morgan fingerprint density at radius 2 is 1.41 bits per heavy atom. The first-order valence-electron chi connectivity index (χ1n) is 9.98. The smallest absolute Gasteiger partial charge is 0.338 e. The van der Waals surface area contributed by atoms with Crippen molar-refractivity contribution < 1.29 is 27.1 Å². The highest BCUT2D eigenvalue weighted by Crippen LogP contribution is 2.23. The summed E-state index contributed by atoms with van der Waals surface area (Å²) in [6.45, 7) is 2.16. The molecule has 0 saturated carbocycles. The van der Waals surface area contributed by atoms with Gasteiger partial charge >= 0.3 is 5.97 Å². The molecule has 3 aromatic carbocycles. The molecule has 0 atom stereocenters. The van der Waals surface area contributed by atoms with Crippen LogP contribution in [0, 0.1) is 5.82 Å². The molecule has 0 saturated heterocycles. The summed E-state index contributed by atoms with van der Waals surface area (Å²) in [5.41, 5.74) is 1.84. The maximum Gasteiger partial charge on any atom is 0.338 e. The van der Waals surface area contributed by atoms with E-state index < -0.39 is 21.8 Å². The fourth-order valence-electron chi connectivity index (χ4n) is 3.08. The van der Waals surface area contributed by atoms with Crippen LogP contribution in [-0.4, -0.2) is 32.4 Å². The zero-order valence-electron chi connectivity index (χ0n) is 17.8. The molecule has 0 fully saturated rings. The van der Waals surface area contributed by atoms with Crippen LogP contribution < -0.4 is 4.74 Å². The van der Waals surface area contributed by atoms with Crippen molar-refractivity contribution in [2.75, 3.05) is 13.7 Å². The number of sulfonamides is 1. The predicted molar refractivity (Wildman–Crippen MR) is 118 cm³/mol. The maximum atomic E-state index is 13.3. The molecule has 0 bridgehead atoms. The minimum absolute atomic E-state index is 0.00412. The van der Waals surface area contributed by atoms with E-state index in [9.17, 15) is 17.6 Å². The quantitative estimate of drug-likeness (QED) is 0.445. The zero-order chi connectivity index (χ0) is 23.1. The van der Waals surface area contributed by atoms with E-state index in [0.717, 1.165) is 17.7 Å². The van der Waals surface area contributed by atoms with E-state index in [4.69, 9.17) is 9.47 Å². The number of ether oxygens (including phenoxy) is 2. The SMILES string of the molecule is CCOC(=O)c1ccc(CN(Cc2ccc(OC)cc2)S(=O)(=O)c2ccc(F)cc2)cc1. The average Bonchev–Trinajstić information content (AvgIpc) is 2.80. The molecule has 0 aromatic heterocycles. The van der Waals surface area contributed by atoms with Crippen molar-refractivity contribution in [3.63, 3.8) is 0 Å². The lowest BCUT2D eigenvalue weighted by atomic mass is 10.1. The molecule has 3 aromatic rings. The number of halogens is 1. The molecule has 0 radical (unpaired) electrons. The number of carbonyl (C=O) groups excluding carboxylic acids is 1. The van der Waals surface area contributed by atoms with E-state index in [2.05, 4.69) is 0 Å². The van der Waals surface area contributed by atoms with Crippen LogP contribution in [0.4, 0.5) is 4.39 Å². The summed E-state index contributed by atoms with van der Waals surface area (Å²) in [4.78, 5) is 11.9. The van der Waals surface area contributed by atoms with E-state index in [1.807, 2.05) is 0 Å². The van der Waals surface area contributed by atoms with Crippen LogP contribution in [0.15, 0.2) is 77.7 Å². The average molecular weight is 458 g/mol. The second-order valence-corrected chi connectivity index (χ2v) is 8.93. The first-order chi connectivity index (χ1) is 15.3. The van der Waals surface area contributed by atoms with Crippen molar-refractivity contribution in [3.8, 4) is 5.75 Å². The number of hydrogen-bond donors (Lipinski definition) is 0. The third kappa shape index (κ3) is 5.72. The van der Waals surface area contributed by atoms with Gasteiger partial charge in [-0.2, -0.15) is 4.31 Å². The van der Waals surface area contributed by atoms with E-state index in [-0.39, 0.29) is 24.6 Å². The van der Waals surface area contributed by atoms with E-state index in [1.165, 1.54) is 16.4 Å². The lowest BCUT2D eigenvalue weighted by Gasteiger charge is -2.23. The van der Waals surface area contributed by atoms with Crippen LogP contribution in [0.2, 0.25) is 0 Å².